The molecular weight excluding hydrogens is 303 g/mol. The molecule has 5 heteroatoms. The Balaban J connectivity index is 0. The summed E-state index contributed by atoms with van der Waals surface area (Å²) in [6.45, 7) is 10.1. The van der Waals surface area contributed by atoms with Crippen LogP contribution in [-0.4, -0.2) is 43.1 Å². The Bertz CT molecular complexity index is 180. The van der Waals surface area contributed by atoms with Crippen molar-refractivity contribution in [2.45, 2.75) is 39.8 Å². The van der Waals surface area contributed by atoms with Crippen molar-refractivity contribution < 1.29 is 0 Å². The molecule has 0 aromatic rings. The first-order valence-corrected chi connectivity index (χ1v) is 5.20. The highest BCUT2D eigenvalue weighted by atomic mass is 127. The van der Waals surface area contributed by atoms with Crippen molar-refractivity contribution in [3.8, 4) is 0 Å². The summed E-state index contributed by atoms with van der Waals surface area (Å²) in [5, 5.41) is 3.05. The first-order valence-electron chi connectivity index (χ1n) is 5.20. The molecule has 0 aliphatic heterocycles. The van der Waals surface area contributed by atoms with E-state index >= 15 is 0 Å². The zero-order chi connectivity index (χ0) is 11.1. The van der Waals surface area contributed by atoms with Gasteiger partial charge in [-0.1, -0.05) is 0 Å². The summed E-state index contributed by atoms with van der Waals surface area (Å²) < 4.78 is 0. The molecule has 0 amide bonds. The van der Waals surface area contributed by atoms with Gasteiger partial charge >= 0.3 is 0 Å². The lowest BCUT2D eigenvalue weighted by Crippen LogP contribution is -2.37. The van der Waals surface area contributed by atoms with Crippen molar-refractivity contribution in [2.24, 2.45) is 10.7 Å². The van der Waals surface area contributed by atoms with E-state index in [0.717, 1.165) is 13.1 Å². The number of nitrogens with two attached hydrogens (primary N) is 1. The van der Waals surface area contributed by atoms with Gasteiger partial charge in [0.15, 0.2) is 5.96 Å². The van der Waals surface area contributed by atoms with Crippen LogP contribution in [0.25, 0.3) is 0 Å². The highest BCUT2D eigenvalue weighted by Gasteiger charge is 2.01. The lowest BCUT2D eigenvalue weighted by Gasteiger charge is -2.19. The molecule has 0 aliphatic rings. The van der Waals surface area contributed by atoms with Gasteiger partial charge in [-0.2, -0.15) is 0 Å². The third kappa shape index (κ3) is 10.2. The SMILES string of the molecule is CC(C)NC(N)=NCCN(C)C(C)C.I. The minimum absolute atomic E-state index is 0. The van der Waals surface area contributed by atoms with Crippen LogP contribution in [0.2, 0.25) is 0 Å². The van der Waals surface area contributed by atoms with Gasteiger partial charge in [0.05, 0.1) is 6.54 Å². The number of nitrogens with zero attached hydrogens (tertiary/aromatic N) is 2. The van der Waals surface area contributed by atoms with E-state index in [4.69, 9.17) is 5.73 Å². The van der Waals surface area contributed by atoms with Crippen molar-refractivity contribution in [3.05, 3.63) is 0 Å². The third-order valence-corrected chi connectivity index (χ3v) is 2.05. The van der Waals surface area contributed by atoms with E-state index in [1.54, 1.807) is 0 Å². The summed E-state index contributed by atoms with van der Waals surface area (Å²) in [5.41, 5.74) is 5.66. The molecule has 0 unspecified atom stereocenters. The Labute approximate surface area is 111 Å². The summed E-state index contributed by atoms with van der Waals surface area (Å²) in [6, 6.07) is 0.908. The molecule has 0 bridgehead atoms. The van der Waals surface area contributed by atoms with Crippen molar-refractivity contribution >= 4 is 29.9 Å². The van der Waals surface area contributed by atoms with Gasteiger partial charge in [-0.05, 0) is 34.7 Å². The Kier molecular flexibility index (Phi) is 10.7. The van der Waals surface area contributed by atoms with E-state index in [-0.39, 0.29) is 24.0 Å². The molecule has 0 heterocycles. The van der Waals surface area contributed by atoms with Gasteiger partial charge < -0.3 is 16.0 Å². The molecule has 0 rings (SSSR count). The van der Waals surface area contributed by atoms with Crippen molar-refractivity contribution in [2.75, 3.05) is 20.1 Å². The highest BCUT2D eigenvalue weighted by Crippen LogP contribution is 1.91. The standard InChI is InChI=1S/C10H24N4.HI/c1-8(2)13-10(11)12-6-7-14(5)9(3)4;/h8-9H,6-7H2,1-5H3,(H3,11,12,13);1H. The molecular formula is C10H25IN4. The molecule has 0 radical (unpaired) electrons. The molecule has 0 aromatic carbocycles. The first kappa shape index (κ1) is 17.4. The zero-order valence-corrected chi connectivity index (χ0v) is 12.8. The molecule has 0 fully saturated rings. The normalized spacial score (nSPS) is 12.1. The number of guanidine groups is 1. The van der Waals surface area contributed by atoms with Crippen molar-refractivity contribution in [1.29, 1.82) is 0 Å². The van der Waals surface area contributed by atoms with Crippen LogP contribution < -0.4 is 11.1 Å². The van der Waals surface area contributed by atoms with E-state index in [1.807, 2.05) is 13.8 Å². The summed E-state index contributed by atoms with van der Waals surface area (Å²) in [6.07, 6.45) is 0. The predicted molar refractivity (Wildman–Crippen MR) is 77.9 cm³/mol. The van der Waals surface area contributed by atoms with E-state index in [2.05, 4.69) is 36.1 Å². The molecule has 15 heavy (non-hydrogen) atoms. The highest BCUT2D eigenvalue weighted by molar-refractivity contribution is 14.0. The lowest BCUT2D eigenvalue weighted by atomic mass is 10.3. The monoisotopic (exact) mass is 328 g/mol. The fourth-order valence-corrected chi connectivity index (χ4v) is 0.928. The molecule has 3 N–H and O–H groups in total. The lowest BCUT2D eigenvalue weighted by molar-refractivity contribution is 0.282. The minimum atomic E-state index is 0. The maximum atomic E-state index is 5.66. The van der Waals surface area contributed by atoms with Gasteiger partial charge in [-0.15, -0.1) is 24.0 Å². The number of nitrogens with one attached hydrogen (secondary N) is 1. The van der Waals surface area contributed by atoms with E-state index in [9.17, 15) is 0 Å². The maximum Gasteiger partial charge on any atom is 0.188 e. The van der Waals surface area contributed by atoms with Gasteiger partial charge in [0.2, 0.25) is 0 Å². The van der Waals surface area contributed by atoms with Crippen LogP contribution in [0.1, 0.15) is 27.7 Å². The summed E-state index contributed by atoms with van der Waals surface area (Å²) >= 11 is 0. The predicted octanol–water partition coefficient (Wildman–Crippen LogP) is 1.26. The molecule has 4 nitrogen and oxygen atoms in total. The Morgan fingerprint density at radius 2 is 1.87 bits per heavy atom. The third-order valence-electron chi connectivity index (χ3n) is 2.05. The molecule has 0 saturated carbocycles. The number of hydrogen-bond acceptors (Lipinski definition) is 2. The van der Waals surface area contributed by atoms with Crippen molar-refractivity contribution in [1.82, 2.24) is 10.2 Å². The second-order valence-corrected chi connectivity index (χ2v) is 4.14. The fraction of sp³-hybridized carbons (Fsp3) is 0.900. The maximum absolute atomic E-state index is 5.66. The van der Waals surface area contributed by atoms with E-state index < -0.39 is 0 Å². The van der Waals surface area contributed by atoms with Gasteiger partial charge in [-0.3, -0.25) is 4.99 Å². The second-order valence-electron chi connectivity index (χ2n) is 4.14. The van der Waals surface area contributed by atoms with Crippen LogP contribution in [0.4, 0.5) is 0 Å². The Morgan fingerprint density at radius 1 is 1.33 bits per heavy atom. The second kappa shape index (κ2) is 9.21. The quantitative estimate of drug-likeness (QED) is 0.454. The van der Waals surface area contributed by atoms with Crippen LogP contribution >= 0.6 is 24.0 Å². The van der Waals surface area contributed by atoms with Crippen molar-refractivity contribution in [3.63, 3.8) is 0 Å². The van der Waals surface area contributed by atoms with Crippen LogP contribution in [0.15, 0.2) is 4.99 Å². The zero-order valence-electron chi connectivity index (χ0n) is 10.4. The summed E-state index contributed by atoms with van der Waals surface area (Å²) in [5.74, 6) is 0.539. The first-order chi connectivity index (χ1) is 6.43. The largest absolute Gasteiger partial charge is 0.370 e. The average molecular weight is 328 g/mol. The smallest absolute Gasteiger partial charge is 0.188 e. The van der Waals surface area contributed by atoms with Crippen LogP contribution in [-0.2, 0) is 0 Å². The topological polar surface area (TPSA) is 53.6 Å². The Morgan fingerprint density at radius 3 is 2.27 bits per heavy atom. The molecule has 0 saturated heterocycles. The summed E-state index contributed by atoms with van der Waals surface area (Å²) in [4.78, 5) is 6.47. The fourth-order valence-electron chi connectivity index (χ4n) is 0.928. The molecule has 0 aliphatic carbocycles. The number of likely N-dealkylation sites (N-methyl/N-ethyl adjacent to an activating group) is 1. The number of rotatable bonds is 5. The van der Waals surface area contributed by atoms with E-state index in [1.165, 1.54) is 0 Å². The van der Waals surface area contributed by atoms with Gasteiger partial charge in [0, 0.05) is 18.6 Å². The van der Waals surface area contributed by atoms with Crippen LogP contribution in [0.3, 0.4) is 0 Å². The average Bonchev–Trinajstić information content (AvgIpc) is 2.02. The molecule has 92 valence electrons. The van der Waals surface area contributed by atoms with E-state index in [0.29, 0.717) is 18.0 Å². The van der Waals surface area contributed by atoms with Gasteiger partial charge in [0.1, 0.15) is 0 Å². The molecule has 0 aromatic heterocycles. The number of aliphatic imine (C=N–C) groups is 1. The van der Waals surface area contributed by atoms with Crippen LogP contribution in [0, 0.1) is 0 Å². The summed E-state index contributed by atoms with van der Waals surface area (Å²) in [7, 11) is 2.09. The minimum Gasteiger partial charge on any atom is -0.370 e. The Hall–Kier alpha value is -0.0400. The van der Waals surface area contributed by atoms with Gasteiger partial charge in [0.25, 0.3) is 0 Å². The van der Waals surface area contributed by atoms with Crippen LogP contribution in [0.5, 0.6) is 0 Å². The number of hydrogen-bond donors (Lipinski definition) is 2. The van der Waals surface area contributed by atoms with Gasteiger partial charge in [-0.25, -0.2) is 0 Å². The molecule has 0 spiro atoms. The number of halogens is 1. The molecule has 0 atom stereocenters.